The van der Waals surface area contributed by atoms with E-state index in [0.29, 0.717) is 10.4 Å². The second-order valence-corrected chi connectivity index (χ2v) is 9.82. The van der Waals surface area contributed by atoms with Crippen LogP contribution >= 0.6 is 11.3 Å². The Hall–Kier alpha value is -3.11. The van der Waals surface area contributed by atoms with Crippen LogP contribution in [-0.4, -0.2) is 51.2 Å². The summed E-state index contributed by atoms with van der Waals surface area (Å²) in [5.41, 5.74) is 6.74. The lowest BCUT2D eigenvalue weighted by Crippen LogP contribution is -2.49. The highest BCUT2D eigenvalue weighted by atomic mass is 32.1. The molecule has 0 saturated heterocycles. The van der Waals surface area contributed by atoms with Crippen LogP contribution in [0.1, 0.15) is 42.7 Å². The zero-order chi connectivity index (χ0) is 25.7. The zero-order valence-corrected chi connectivity index (χ0v) is 20.3. The second-order valence-electron chi connectivity index (χ2n) is 8.84. The van der Waals surface area contributed by atoms with Crippen molar-refractivity contribution in [1.29, 1.82) is 0 Å². The summed E-state index contributed by atoms with van der Waals surface area (Å²) in [4.78, 5) is 37.9. The number of Topliss-reactive ketones (excluding diaryl/α,β-unsaturated/α-hetero) is 1. The van der Waals surface area contributed by atoms with Gasteiger partial charge < -0.3 is 26.4 Å². The van der Waals surface area contributed by atoms with Crippen molar-refractivity contribution in [3.63, 3.8) is 0 Å². The molecule has 0 saturated carbocycles. The van der Waals surface area contributed by atoms with Crippen LogP contribution in [0, 0.1) is 5.92 Å². The van der Waals surface area contributed by atoms with E-state index in [9.17, 15) is 29.7 Å². The summed E-state index contributed by atoms with van der Waals surface area (Å²) in [5, 5.41) is 36.9. The van der Waals surface area contributed by atoms with Crippen molar-refractivity contribution in [2.75, 3.05) is 0 Å². The highest BCUT2D eigenvalue weighted by molar-refractivity contribution is 7.10. The summed E-state index contributed by atoms with van der Waals surface area (Å²) < 4.78 is 0. The van der Waals surface area contributed by atoms with Gasteiger partial charge >= 0.3 is 5.97 Å². The minimum absolute atomic E-state index is 0.362. The van der Waals surface area contributed by atoms with Gasteiger partial charge in [-0.05, 0) is 33.7 Å². The van der Waals surface area contributed by atoms with E-state index in [2.05, 4.69) is 5.32 Å². The number of thiophene rings is 1. The summed E-state index contributed by atoms with van der Waals surface area (Å²) >= 11 is 1.26. The number of rotatable bonds is 11. The first-order valence-electron chi connectivity index (χ1n) is 11.3. The third kappa shape index (κ3) is 6.12. The number of carboxylic acids is 1. The van der Waals surface area contributed by atoms with Crippen molar-refractivity contribution < 1.29 is 29.7 Å². The van der Waals surface area contributed by atoms with Gasteiger partial charge in [-0.15, -0.1) is 11.3 Å². The number of nitrogens with one attached hydrogen (secondary N) is 1. The van der Waals surface area contributed by atoms with E-state index in [1.54, 1.807) is 43.5 Å². The minimum Gasteiger partial charge on any atom is -0.480 e. The number of carbonyl (C=O) groups is 3. The highest BCUT2D eigenvalue weighted by Gasteiger charge is 2.38. The van der Waals surface area contributed by atoms with Gasteiger partial charge in [0.15, 0.2) is 5.78 Å². The molecule has 0 bridgehead atoms. The maximum Gasteiger partial charge on any atom is 0.326 e. The third-order valence-electron chi connectivity index (χ3n) is 6.02. The Morgan fingerprint density at radius 3 is 2.31 bits per heavy atom. The molecule has 1 heterocycles. The number of nitrogens with two attached hydrogens (primary N) is 1. The molecule has 0 fully saturated rings. The van der Waals surface area contributed by atoms with Gasteiger partial charge in [-0.25, -0.2) is 4.79 Å². The second kappa shape index (κ2) is 11.5. The lowest BCUT2D eigenvalue weighted by molar-refractivity contribution is -0.143. The Kier molecular flexibility index (Phi) is 8.74. The van der Waals surface area contributed by atoms with Crippen LogP contribution in [0.2, 0.25) is 0 Å². The number of carboxylic acid groups (broad SMARTS) is 1. The number of aliphatic hydroxyl groups is 2. The van der Waals surface area contributed by atoms with E-state index in [0.717, 1.165) is 10.8 Å². The smallest absolute Gasteiger partial charge is 0.326 e. The topological polar surface area (TPSA) is 150 Å². The number of amides is 1. The molecule has 0 aliphatic carbocycles. The molecule has 0 aliphatic heterocycles. The van der Waals surface area contributed by atoms with Crippen LogP contribution in [-0.2, 0) is 14.4 Å². The van der Waals surface area contributed by atoms with Crippen LogP contribution in [0.3, 0.4) is 0 Å². The predicted molar refractivity (Wildman–Crippen MR) is 134 cm³/mol. The maximum atomic E-state index is 13.6. The van der Waals surface area contributed by atoms with Crippen LogP contribution in [0.15, 0.2) is 60.0 Å². The normalized spacial score (nSPS) is 15.8. The molecule has 3 rings (SSSR count). The average Bonchev–Trinajstić information content (AvgIpc) is 3.35. The first-order valence-corrected chi connectivity index (χ1v) is 12.2. The molecular weight excluding hydrogens is 468 g/mol. The molecule has 8 nitrogen and oxygen atoms in total. The van der Waals surface area contributed by atoms with Crippen molar-refractivity contribution >= 4 is 39.8 Å². The number of ketones is 1. The molecular formula is C26H30N2O6S. The van der Waals surface area contributed by atoms with E-state index in [-0.39, 0.29) is 5.92 Å². The predicted octanol–water partition coefficient (Wildman–Crippen LogP) is 2.59. The lowest BCUT2D eigenvalue weighted by Gasteiger charge is -2.28. The number of hydrogen-bond acceptors (Lipinski definition) is 7. The molecule has 186 valence electrons. The van der Waals surface area contributed by atoms with Gasteiger partial charge in [0.05, 0.1) is 18.4 Å². The van der Waals surface area contributed by atoms with Gasteiger partial charge in [-0.3, -0.25) is 9.59 Å². The Balaban J connectivity index is 1.84. The molecule has 9 heteroatoms. The van der Waals surface area contributed by atoms with Crippen molar-refractivity contribution in [1.82, 2.24) is 5.32 Å². The summed E-state index contributed by atoms with van der Waals surface area (Å²) in [5.74, 6) is -3.91. The van der Waals surface area contributed by atoms with Crippen LogP contribution < -0.4 is 11.1 Å². The summed E-state index contributed by atoms with van der Waals surface area (Å²) in [6, 6.07) is 13.8. The quantitative estimate of drug-likeness (QED) is 0.273. The lowest BCUT2D eigenvalue weighted by atomic mass is 9.84. The summed E-state index contributed by atoms with van der Waals surface area (Å²) in [7, 11) is 0. The van der Waals surface area contributed by atoms with E-state index < -0.39 is 54.3 Å². The van der Waals surface area contributed by atoms with E-state index in [4.69, 9.17) is 5.73 Å². The van der Waals surface area contributed by atoms with E-state index in [1.165, 1.54) is 11.3 Å². The average molecular weight is 499 g/mol. The fourth-order valence-corrected chi connectivity index (χ4v) is 4.99. The summed E-state index contributed by atoms with van der Waals surface area (Å²) in [6.07, 6.45) is -3.44. The summed E-state index contributed by atoms with van der Waals surface area (Å²) in [6.45, 7) is 3.31. The van der Waals surface area contributed by atoms with Gasteiger partial charge in [0.25, 0.3) is 0 Å². The van der Waals surface area contributed by atoms with Crippen LogP contribution in [0.25, 0.3) is 10.8 Å². The molecule has 6 N–H and O–H groups in total. The monoisotopic (exact) mass is 498 g/mol. The first kappa shape index (κ1) is 26.5. The van der Waals surface area contributed by atoms with Crippen LogP contribution in [0.4, 0.5) is 0 Å². The van der Waals surface area contributed by atoms with Gasteiger partial charge in [-0.1, -0.05) is 62.4 Å². The molecule has 0 aliphatic rings. The number of aliphatic carboxylic acids is 1. The number of hydrogen-bond donors (Lipinski definition) is 5. The molecule has 5 atom stereocenters. The van der Waals surface area contributed by atoms with Crippen molar-refractivity contribution in [2.24, 2.45) is 11.7 Å². The minimum atomic E-state index is -1.50. The Labute approximate surface area is 207 Å². The Morgan fingerprint density at radius 2 is 1.69 bits per heavy atom. The Bertz CT molecular complexity index is 1170. The zero-order valence-electron chi connectivity index (χ0n) is 19.5. The standard InChI is InChI=1S/C26H30N2O6S/c1-14(2)23(26(33)34)28-20(30)13-18(29)22(27)21(19-11-6-12-35-19)25(32)24(31)17-10-5-8-15-7-3-4-9-16(15)17/h3-12,14,18,21-24,29,31H,13,27H2,1-2H3,(H,28,30)(H,33,34)/t18-,21?,22+,23-,24?/m0/s1. The Morgan fingerprint density at radius 1 is 1.00 bits per heavy atom. The van der Waals surface area contributed by atoms with Crippen molar-refractivity contribution in [2.45, 2.75) is 50.5 Å². The largest absolute Gasteiger partial charge is 0.480 e. The molecule has 1 aromatic heterocycles. The molecule has 2 unspecified atom stereocenters. The van der Waals surface area contributed by atoms with Crippen LogP contribution in [0.5, 0.6) is 0 Å². The fraction of sp³-hybridized carbons (Fsp3) is 0.346. The highest BCUT2D eigenvalue weighted by Crippen LogP contribution is 2.34. The van der Waals surface area contributed by atoms with Crippen molar-refractivity contribution in [3.05, 3.63) is 70.4 Å². The van der Waals surface area contributed by atoms with E-state index >= 15 is 0 Å². The van der Waals surface area contributed by atoms with Gasteiger partial charge in [-0.2, -0.15) is 0 Å². The SMILES string of the molecule is CC(C)[C@H](NC(=O)C[C@H](O)[C@@H](N)C(C(=O)C(O)c1cccc2ccccc12)c1cccs1)C(=O)O. The van der Waals surface area contributed by atoms with Gasteiger partial charge in [0, 0.05) is 10.9 Å². The van der Waals surface area contributed by atoms with E-state index in [1.807, 2.05) is 30.3 Å². The number of fused-ring (bicyclic) bond motifs is 1. The molecule has 0 spiro atoms. The number of carbonyl (C=O) groups excluding carboxylic acids is 2. The van der Waals surface area contributed by atoms with Crippen molar-refractivity contribution in [3.8, 4) is 0 Å². The molecule has 3 aromatic rings. The molecule has 2 aromatic carbocycles. The number of benzene rings is 2. The van der Waals surface area contributed by atoms with Gasteiger partial charge in [0.1, 0.15) is 12.1 Å². The molecule has 1 amide bonds. The molecule has 0 radical (unpaired) electrons. The molecule has 35 heavy (non-hydrogen) atoms. The fourth-order valence-electron chi connectivity index (χ4n) is 4.09. The number of aliphatic hydroxyl groups excluding tert-OH is 2. The third-order valence-corrected chi connectivity index (χ3v) is 6.97. The van der Waals surface area contributed by atoms with Gasteiger partial charge in [0.2, 0.25) is 5.91 Å². The first-order chi connectivity index (χ1) is 16.6. The maximum absolute atomic E-state index is 13.6.